The average molecular weight is 431 g/mol. The van der Waals surface area contributed by atoms with E-state index in [4.69, 9.17) is 4.74 Å². The van der Waals surface area contributed by atoms with Crippen molar-refractivity contribution >= 4 is 15.9 Å². The molecule has 0 atom stereocenters. The van der Waals surface area contributed by atoms with Crippen LogP contribution in [0.3, 0.4) is 0 Å². The molecule has 0 aromatic heterocycles. The van der Waals surface area contributed by atoms with Crippen LogP contribution in [-0.2, 0) is 21.2 Å². The minimum absolute atomic E-state index is 0.148. The maximum Gasteiger partial charge on any atom is 0.243 e. The van der Waals surface area contributed by atoms with E-state index in [9.17, 15) is 13.2 Å². The molecule has 0 radical (unpaired) electrons. The minimum Gasteiger partial charge on any atom is -0.494 e. The van der Waals surface area contributed by atoms with Crippen molar-refractivity contribution in [1.29, 1.82) is 0 Å². The summed E-state index contributed by atoms with van der Waals surface area (Å²) >= 11 is 0. The van der Waals surface area contributed by atoms with E-state index < -0.39 is 10.0 Å². The van der Waals surface area contributed by atoms with Gasteiger partial charge in [0, 0.05) is 20.1 Å². The lowest BCUT2D eigenvalue weighted by molar-refractivity contribution is -0.132. The number of hydrogen-bond acceptors (Lipinski definition) is 4. The fourth-order valence-electron chi connectivity index (χ4n) is 3.76. The summed E-state index contributed by atoms with van der Waals surface area (Å²) in [5, 5.41) is 0. The van der Waals surface area contributed by atoms with E-state index in [1.165, 1.54) is 24.7 Å². The number of hydrogen-bond donors (Lipinski definition) is 0. The number of carbonyl (C=O) groups is 1. The molecule has 1 heterocycles. The molecular weight excluding hydrogens is 400 g/mol. The summed E-state index contributed by atoms with van der Waals surface area (Å²) in [6.07, 6.45) is 2.90. The van der Waals surface area contributed by atoms with Crippen LogP contribution in [0.1, 0.15) is 25.3 Å². The molecule has 0 spiro atoms. The van der Waals surface area contributed by atoms with Crippen molar-refractivity contribution in [1.82, 2.24) is 9.21 Å². The summed E-state index contributed by atoms with van der Waals surface area (Å²) in [7, 11) is -2.28. The van der Waals surface area contributed by atoms with Crippen LogP contribution in [0.25, 0.3) is 0 Å². The molecule has 6 nitrogen and oxygen atoms in total. The van der Waals surface area contributed by atoms with E-state index in [-0.39, 0.29) is 17.3 Å². The third kappa shape index (κ3) is 5.61. The van der Waals surface area contributed by atoms with Gasteiger partial charge in [0.15, 0.2) is 0 Å². The molecule has 0 N–H and O–H groups in total. The molecule has 1 aliphatic rings. The van der Waals surface area contributed by atoms with Crippen molar-refractivity contribution in [3.8, 4) is 5.75 Å². The van der Waals surface area contributed by atoms with E-state index >= 15 is 0 Å². The van der Waals surface area contributed by atoms with Crippen molar-refractivity contribution < 1.29 is 17.9 Å². The highest BCUT2D eigenvalue weighted by Gasteiger charge is 2.28. The second kappa shape index (κ2) is 10.1. The van der Waals surface area contributed by atoms with Gasteiger partial charge in [0.2, 0.25) is 15.9 Å². The Labute approximate surface area is 179 Å². The number of piperidine rings is 1. The predicted octanol–water partition coefficient (Wildman–Crippen LogP) is 3.19. The predicted molar refractivity (Wildman–Crippen MR) is 117 cm³/mol. The van der Waals surface area contributed by atoms with Crippen LogP contribution >= 0.6 is 0 Å². The molecule has 162 valence electrons. The number of nitrogens with zero attached hydrogens (tertiary/aromatic N) is 2. The lowest BCUT2D eigenvalue weighted by Gasteiger charge is -2.33. The van der Waals surface area contributed by atoms with Gasteiger partial charge in [-0.05, 0) is 61.9 Å². The number of benzene rings is 2. The standard InChI is InChI=1S/C23H30N2O4S/c1-3-29-21-9-11-22(12-10-21)30(27,28)24(2)18-23(26)25-15-13-20(14-16-25)17-19-7-5-4-6-8-19/h4-12,20H,3,13-18H2,1-2H3. The Bertz CT molecular complexity index is 921. The summed E-state index contributed by atoms with van der Waals surface area (Å²) in [5.74, 6) is 1.03. The zero-order chi connectivity index (χ0) is 21.6. The van der Waals surface area contributed by atoms with Crippen molar-refractivity contribution in [2.75, 3.05) is 33.3 Å². The van der Waals surface area contributed by atoms with Crippen molar-refractivity contribution in [3.05, 3.63) is 60.2 Å². The molecule has 0 unspecified atom stereocenters. The molecule has 30 heavy (non-hydrogen) atoms. The Kier molecular flexibility index (Phi) is 7.50. The number of amides is 1. The van der Waals surface area contributed by atoms with Crippen LogP contribution in [0.4, 0.5) is 0 Å². The van der Waals surface area contributed by atoms with E-state index in [1.807, 2.05) is 13.0 Å². The third-order valence-corrected chi connectivity index (χ3v) is 7.35. The van der Waals surface area contributed by atoms with Crippen LogP contribution in [-0.4, -0.2) is 56.8 Å². The molecule has 1 amide bonds. The van der Waals surface area contributed by atoms with Crippen LogP contribution in [0.2, 0.25) is 0 Å². The first-order valence-corrected chi connectivity index (χ1v) is 11.8. The summed E-state index contributed by atoms with van der Waals surface area (Å²) in [5.41, 5.74) is 1.32. The Hall–Kier alpha value is -2.38. The van der Waals surface area contributed by atoms with Gasteiger partial charge in [-0.3, -0.25) is 4.79 Å². The van der Waals surface area contributed by atoms with Gasteiger partial charge in [0.25, 0.3) is 0 Å². The number of likely N-dealkylation sites (tertiary alicyclic amines) is 1. The van der Waals surface area contributed by atoms with Gasteiger partial charge in [-0.1, -0.05) is 30.3 Å². The van der Waals surface area contributed by atoms with E-state index in [1.54, 1.807) is 17.0 Å². The highest BCUT2D eigenvalue weighted by atomic mass is 32.2. The monoisotopic (exact) mass is 430 g/mol. The number of sulfonamides is 1. The Morgan fingerprint density at radius 1 is 1.07 bits per heavy atom. The number of carbonyl (C=O) groups excluding carboxylic acids is 1. The van der Waals surface area contributed by atoms with E-state index in [0.717, 1.165) is 23.6 Å². The first-order valence-electron chi connectivity index (χ1n) is 10.4. The number of ether oxygens (including phenoxy) is 1. The largest absolute Gasteiger partial charge is 0.494 e. The minimum atomic E-state index is -3.73. The summed E-state index contributed by atoms with van der Waals surface area (Å²) in [4.78, 5) is 14.6. The van der Waals surface area contributed by atoms with E-state index in [0.29, 0.717) is 31.4 Å². The highest BCUT2D eigenvalue weighted by molar-refractivity contribution is 7.89. The zero-order valence-corrected chi connectivity index (χ0v) is 18.5. The van der Waals surface area contributed by atoms with Crippen molar-refractivity contribution in [3.63, 3.8) is 0 Å². The lowest BCUT2D eigenvalue weighted by atomic mass is 9.90. The zero-order valence-electron chi connectivity index (χ0n) is 17.7. The summed E-state index contributed by atoms with van der Waals surface area (Å²) in [6.45, 7) is 3.58. The molecule has 1 aliphatic heterocycles. The van der Waals surface area contributed by atoms with Gasteiger partial charge >= 0.3 is 0 Å². The fraction of sp³-hybridized carbons (Fsp3) is 0.435. The number of likely N-dealkylation sites (N-methyl/N-ethyl adjacent to an activating group) is 1. The maximum atomic E-state index is 12.8. The molecular formula is C23H30N2O4S. The normalized spacial score (nSPS) is 15.4. The van der Waals surface area contributed by atoms with Crippen LogP contribution in [0.5, 0.6) is 5.75 Å². The maximum absolute atomic E-state index is 12.8. The smallest absolute Gasteiger partial charge is 0.243 e. The number of rotatable bonds is 8. The first kappa shape index (κ1) is 22.3. The molecule has 3 rings (SSSR count). The van der Waals surface area contributed by atoms with Gasteiger partial charge in [0.05, 0.1) is 18.0 Å². The van der Waals surface area contributed by atoms with E-state index in [2.05, 4.69) is 24.3 Å². The Morgan fingerprint density at radius 3 is 2.30 bits per heavy atom. The van der Waals surface area contributed by atoms with Crippen LogP contribution < -0.4 is 4.74 Å². The summed E-state index contributed by atoms with van der Waals surface area (Å²) < 4.78 is 32.1. The second-order valence-corrected chi connectivity index (χ2v) is 9.72. The fourth-order valence-corrected chi connectivity index (χ4v) is 4.88. The first-order chi connectivity index (χ1) is 14.4. The molecule has 7 heteroatoms. The van der Waals surface area contributed by atoms with Crippen LogP contribution in [0, 0.1) is 5.92 Å². The van der Waals surface area contributed by atoms with Gasteiger partial charge in [-0.25, -0.2) is 8.42 Å². The lowest BCUT2D eigenvalue weighted by Crippen LogP contribution is -2.44. The van der Waals surface area contributed by atoms with Crippen LogP contribution in [0.15, 0.2) is 59.5 Å². The van der Waals surface area contributed by atoms with Gasteiger partial charge in [-0.2, -0.15) is 4.31 Å². The molecule has 1 fully saturated rings. The Balaban J connectivity index is 1.52. The molecule has 0 aliphatic carbocycles. The molecule has 2 aromatic rings. The quantitative estimate of drug-likeness (QED) is 0.645. The topological polar surface area (TPSA) is 66.9 Å². The highest BCUT2D eigenvalue weighted by Crippen LogP contribution is 2.23. The molecule has 0 saturated carbocycles. The summed E-state index contributed by atoms with van der Waals surface area (Å²) in [6, 6.07) is 16.7. The molecule has 0 bridgehead atoms. The SMILES string of the molecule is CCOc1ccc(S(=O)(=O)N(C)CC(=O)N2CCC(Cc3ccccc3)CC2)cc1. The van der Waals surface area contributed by atoms with Gasteiger partial charge in [-0.15, -0.1) is 0 Å². The second-order valence-electron chi connectivity index (χ2n) is 7.68. The van der Waals surface area contributed by atoms with Crippen molar-refractivity contribution in [2.45, 2.75) is 31.1 Å². The van der Waals surface area contributed by atoms with Crippen molar-refractivity contribution in [2.24, 2.45) is 5.92 Å². The molecule has 1 saturated heterocycles. The van der Waals surface area contributed by atoms with Gasteiger partial charge in [0.1, 0.15) is 5.75 Å². The molecule has 2 aromatic carbocycles. The average Bonchev–Trinajstić information content (AvgIpc) is 2.75. The van der Waals surface area contributed by atoms with Gasteiger partial charge < -0.3 is 9.64 Å². The Morgan fingerprint density at radius 2 is 1.70 bits per heavy atom. The third-order valence-electron chi connectivity index (χ3n) is 5.54.